The molecule has 0 radical (unpaired) electrons. The number of aliphatic hydroxyl groups excluding tert-OH is 1. The van der Waals surface area contributed by atoms with Crippen molar-refractivity contribution in [2.45, 2.75) is 51.1 Å². The maximum atomic E-state index is 11.6. The molecule has 1 saturated heterocycles. The average molecular weight is 226 g/mol. The largest absolute Gasteiger partial charge is 0.385 e. The van der Waals surface area contributed by atoms with Gasteiger partial charge >= 0.3 is 0 Å². The van der Waals surface area contributed by atoms with Crippen LogP contribution in [0.4, 0.5) is 0 Å². The van der Waals surface area contributed by atoms with Crippen LogP contribution in [0.5, 0.6) is 0 Å². The van der Waals surface area contributed by atoms with Crippen molar-refractivity contribution >= 4 is 5.78 Å². The molecular formula is C12H18O4. The van der Waals surface area contributed by atoms with Gasteiger partial charge in [0.15, 0.2) is 11.6 Å². The first kappa shape index (κ1) is 11.8. The maximum Gasteiger partial charge on any atom is 0.163 e. The van der Waals surface area contributed by atoms with Crippen molar-refractivity contribution in [3.8, 4) is 0 Å². The monoisotopic (exact) mass is 226 g/mol. The van der Waals surface area contributed by atoms with Gasteiger partial charge in [0.05, 0.1) is 6.61 Å². The molecule has 2 aliphatic rings. The molecular weight excluding hydrogens is 208 g/mol. The van der Waals surface area contributed by atoms with E-state index in [-0.39, 0.29) is 5.78 Å². The first-order valence-corrected chi connectivity index (χ1v) is 5.73. The van der Waals surface area contributed by atoms with E-state index in [9.17, 15) is 9.90 Å². The summed E-state index contributed by atoms with van der Waals surface area (Å²) in [6.45, 7) is 3.94. The molecule has 90 valence electrons. The van der Waals surface area contributed by atoms with Gasteiger partial charge in [-0.2, -0.15) is 0 Å². The number of carbonyl (C=O) groups excluding carboxylic acids is 1. The van der Waals surface area contributed by atoms with Crippen LogP contribution in [-0.2, 0) is 14.3 Å². The van der Waals surface area contributed by atoms with Gasteiger partial charge in [-0.1, -0.05) is 6.08 Å². The Labute approximate surface area is 95.2 Å². The van der Waals surface area contributed by atoms with Crippen LogP contribution in [0.2, 0.25) is 0 Å². The topological polar surface area (TPSA) is 55.8 Å². The Morgan fingerprint density at radius 1 is 1.56 bits per heavy atom. The first-order chi connectivity index (χ1) is 7.49. The van der Waals surface area contributed by atoms with Gasteiger partial charge in [-0.15, -0.1) is 0 Å². The molecule has 0 amide bonds. The third-order valence-electron chi connectivity index (χ3n) is 3.00. The van der Waals surface area contributed by atoms with Crippen LogP contribution in [0.25, 0.3) is 0 Å². The summed E-state index contributed by atoms with van der Waals surface area (Å²) in [5, 5.41) is 10.1. The summed E-state index contributed by atoms with van der Waals surface area (Å²) in [5.41, 5.74) is 0.498. The van der Waals surface area contributed by atoms with E-state index in [4.69, 9.17) is 9.47 Å². The second-order valence-corrected chi connectivity index (χ2v) is 4.79. The number of hydrogen-bond donors (Lipinski definition) is 1. The lowest BCUT2D eigenvalue weighted by Gasteiger charge is -2.23. The highest BCUT2D eigenvalue weighted by atomic mass is 16.7. The number of carbonyl (C=O) groups is 1. The van der Waals surface area contributed by atoms with Crippen LogP contribution < -0.4 is 0 Å². The van der Waals surface area contributed by atoms with Gasteiger partial charge in [0.2, 0.25) is 0 Å². The molecule has 0 saturated carbocycles. The number of Topliss-reactive ketones (excluding diaryl/α,β-unsaturated/α-hetero) is 1. The molecule has 1 aliphatic heterocycles. The Kier molecular flexibility index (Phi) is 3.15. The maximum absolute atomic E-state index is 11.6. The molecule has 16 heavy (non-hydrogen) atoms. The van der Waals surface area contributed by atoms with E-state index >= 15 is 0 Å². The normalized spacial score (nSPS) is 31.3. The summed E-state index contributed by atoms with van der Waals surface area (Å²) in [7, 11) is 0. The predicted molar refractivity (Wildman–Crippen MR) is 57.9 cm³/mol. The fourth-order valence-corrected chi connectivity index (χ4v) is 2.14. The summed E-state index contributed by atoms with van der Waals surface area (Å²) in [6.07, 6.45) is 2.81. The van der Waals surface area contributed by atoms with E-state index in [0.717, 1.165) is 12.8 Å². The number of ketones is 1. The summed E-state index contributed by atoms with van der Waals surface area (Å²) in [6, 6.07) is 0. The van der Waals surface area contributed by atoms with Crippen molar-refractivity contribution in [1.29, 1.82) is 0 Å². The molecule has 0 aromatic carbocycles. The van der Waals surface area contributed by atoms with E-state index < -0.39 is 18.0 Å². The Morgan fingerprint density at radius 3 is 2.88 bits per heavy atom. The van der Waals surface area contributed by atoms with E-state index in [0.29, 0.717) is 18.6 Å². The van der Waals surface area contributed by atoms with E-state index in [1.807, 2.05) is 6.08 Å². The van der Waals surface area contributed by atoms with Crippen molar-refractivity contribution in [3.05, 3.63) is 11.6 Å². The van der Waals surface area contributed by atoms with Gasteiger partial charge in [-0.05, 0) is 26.7 Å². The van der Waals surface area contributed by atoms with Crippen LogP contribution in [0.3, 0.4) is 0 Å². The number of aliphatic hydroxyl groups is 1. The number of allylic oxidation sites excluding steroid dienone is 1. The smallest absolute Gasteiger partial charge is 0.163 e. The van der Waals surface area contributed by atoms with E-state index in [2.05, 4.69) is 0 Å². The lowest BCUT2D eigenvalue weighted by molar-refractivity contribution is -0.149. The number of hydrogen-bond acceptors (Lipinski definition) is 4. The van der Waals surface area contributed by atoms with Crippen LogP contribution in [0, 0.1) is 0 Å². The van der Waals surface area contributed by atoms with Crippen molar-refractivity contribution in [1.82, 2.24) is 0 Å². The minimum atomic E-state index is -0.852. The molecule has 1 N–H and O–H groups in total. The summed E-state index contributed by atoms with van der Waals surface area (Å²) < 4.78 is 10.9. The molecule has 1 aliphatic carbocycles. The summed E-state index contributed by atoms with van der Waals surface area (Å²) in [4.78, 5) is 11.6. The second-order valence-electron chi connectivity index (χ2n) is 4.79. The van der Waals surface area contributed by atoms with Crippen molar-refractivity contribution in [2.75, 3.05) is 6.61 Å². The van der Waals surface area contributed by atoms with Crippen molar-refractivity contribution < 1.29 is 19.4 Å². The highest BCUT2D eigenvalue weighted by molar-refractivity contribution is 5.97. The van der Waals surface area contributed by atoms with Crippen molar-refractivity contribution in [2.24, 2.45) is 0 Å². The SMILES string of the molecule is CC1(C)OCC(C(O)C2=CCCCC2=O)O1. The van der Waals surface area contributed by atoms with Gasteiger partial charge in [0.25, 0.3) is 0 Å². The third kappa shape index (κ3) is 2.34. The summed E-state index contributed by atoms with van der Waals surface area (Å²) >= 11 is 0. The highest BCUT2D eigenvalue weighted by Gasteiger charge is 2.39. The van der Waals surface area contributed by atoms with Gasteiger partial charge in [0, 0.05) is 12.0 Å². The fourth-order valence-electron chi connectivity index (χ4n) is 2.14. The van der Waals surface area contributed by atoms with Gasteiger partial charge in [-0.3, -0.25) is 4.79 Å². The lowest BCUT2D eigenvalue weighted by atomic mass is 9.92. The Hall–Kier alpha value is -0.710. The van der Waals surface area contributed by atoms with Crippen LogP contribution in [-0.4, -0.2) is 35.5 Å². The van der Waals surface area contributed by atoms with Gasteiger partial charge in [0.1, 0.15) is 12.2 Å². The van der Waals surface area contributed by atoms with E-state index in [1.165, 1.54) is 0 Å². The zero-order valence-electron chi connectivity index (χ0n) is 9.73. The molecule has 2 atom stereocenters. The van der Waals surface area contributed by atoms with E-state index in [1.54, 1.807) is 13.8 Å². The molecule has 0 aromatic heterocycles. The minimum absolute atomic E-state index is 0.0343. The molecule has 2 unspecified atom stereocenters. The molecule has 1 heterocycles. The zero-order valence-corrected chi connectivity index (χ0v) is 9.73. The molecule has 4 nitrogen and oxygen atoms in total. The van der Waals surface area contributed by atoms with Crippen LogP contribution in [0.15, 0.2) is 11.6 Å². The molecule has 0 aromatic rings. The fraction of sp³-hybridized carbons (Fsp3) is 0.750. The predicted octanol–water partition coefficient (Wildman–Crippen LogP) is 1.18. The Balaban J connectivity index is 2.05. The zero-order chi connectivity index (χ0) is 11.8. The molecule has 0 bridgehead atoms. The van der Waals surface area contributed by atoms with Crippen molar-refractivity contribution in [3.63, 3.8) is 0 Å². The second kappa shape index (κ2) is 4.28. The van der Waals surface area contributed by atoms with Gasteiger partial charge in [-0.25, -0.2) is 0 Å². The minimum Gasteiger partial charge on any atom is -0.385 e. The highest BCUT2D eigenvalue weighted by Crippen LogP contribution is 2.28. The standard InChI is InChI=1S/C12H18O4/c1-12(2)15-7-10(16-12)11(14)8-5-3-4-6-9(8)13/h5,10-11,14H,3-4,6-7H2,1-2H3. The average Bonchev–Trinajstić information content (AvgIpc) is 2.59. The quantitative estimate of drug-likeness (QED) is 0.768. The Morgan fingerprint density at radius 2 is 2.31 bits per heavy atom. The molecule has 0 spiro atoms. The molecule has 2 rings (SSSR count). The lowest BCUT2D eigenvalue weighted by Crippen LogP contribution is -2.35. The number of ether oxygens (including phenoxy) is 2. The first-order valence-electron chi connectivity index (χ1n) is 5.73. The van der Waals surface area contributed by atoms with Crippen LogP contribution in [0.1, 0.15) is 33.1 Å². The molecule has 4 heteroatoms. The molecule has 1 fully saturated rings. The van der Waals surface area contributed by atoms with Crippen LogP contribution >= 0.6 is 0 Å². The van der Waals surface area contributed by atoms with Gasteiger partial charge < -0.3 is 14.6 Å². The third-order valence-corrected chi connectivity index (χ3v) is 3.00. The number of rotatable bonds is 2. The Bertz CT molecular complexity index is 319. The summed E-state index contributed by atoms with van der Waals surface area (Å²) in [5.74, 6) is -0.628.